The summed E-state index contributed by atoms with van der Waals surface area (Å²) in [4.78, 5) is 12.6. The van der Waals surface area contributed by atoms with Crippen LogP contribution in [0.1, 0.15) is 23.0 Å². The highest BCUT2D eigenvalue weighted by molar-refractivity contribution is 7.12. The van der Waals surface area contributed by atoms with Crippen molar-refractivity contribution in [2.75, 3.05) is 18.5 Å². The minimum Gasteiger partial charge on any atom is -0.494 e. The van der Waals surface area contributed by atoms with Gasteiger partial charge in [0.25, 0.3) is 0 Å². The van der Waals surface area contributed by atoms with E-state index in [1.54, 1.807) is 0 Å². The number of ketones is 1. The van der Waals surface area contributed by atoms with E-state index in [2.05, 4.69) is 5.32 Å². The van der Waals surface area contributed by atoms with Gasteiger partial charge >= 0.3 is 0 Å². The number of hydrogen-bond acceptors (Lipinski definition) is 4. The highest BCUT2D eigenvalue weighted by Gasteiger charge is 2.05. The molecule has 100 valence electrons. The molecular formula is C15H17NO2S. The van der Waals surface area contributed by atoms with Crippen LogP contribution in [0.4, 0.5) is 5.69 Å². The second-order valence-electron chi connectivity index (χ2n) is 4.03. The van der Waals surface area contributed by atoms with Crippen LogP contribution >= 0.6 is 11.3 Å². The van der Waals surface area contributed by atoms with E-state index in [1.807, 2.05) is 48.7 Å². The fraction of sp³-hybridized carbons (Fsp3) is 0.267. The maximum Gasteiger partial charge on any atom is 0.174 e. The van der Waals surface area contributed by atoms with Gasteiger partial charge < -0.3 is 10.1 Å². The molecule has 1 N–H and O–H groups in total. The first kappa shape index (κ1) is 13.6. The molecule has 0 atom stereocenters. The number of carbonyl (C=O) groups excluding carboxylic acids is 1. The maximum absolute atomic E-state index is 11.8. The Bertz CT molecular complexity index is 505. The molecule has 2 rings (SSSR count). The van der Waals surface area contributed by atoms with Crippen LogP contribution in [0.15, 0.2) is 41.8 Å². The number of thiophene rings is 1. The van der Waals surface area contributed by atoms with Crippen molar-refractivity contribution in [3.63, 3.8) is 0 Å². The second-order valence-corrected chi connectivity index (χ2v) is 4.98. The van der Waals surface area contributed by atoms with Crippen LogP contribution in [0.2, 0.25) is 0 Å². The Morgan fingerprint density at radius 2 is 2.05 bits per heavy atom. The van der Waals surface area contributed by atoms with Crippen LogP contribution in [0, 0.1) is 0 Å². The van der Waals surface area contributed by atoms with E-state index < -0.39 is 0 Å². The van der Waals surface area contributed by atoms with E-state index in [-0.39, 0.29) is 5.78 Å². The summed E-state index contributed by atoms with van der Waals surface area (Å²) in [6.07, 6.45) is 0.508. The minimum absolute atomic E-state index is 0.188. The first-order chi connectivity index (χ1) is 9.29. The summed E-state index contributed by atoms with van der Waals surface area (Å²) >= 11 is 1.49. The molecule has 0 bridgehead atoms. The van der Waals surface area contributed by atoms with Crippen LogP contribution in [0.25, 0.3) is 0 Å². The number of hydrogen-bond donors (Lipinski definition) is 1. The van der Waals surface area contributed by atoms with E-state index in [9.17, 15) is 4.79 Å². The number of ether oxygens (including phenoxy) is 1. The molecule has 19 heavy (non-hydrogen) atoms. The average Bonchev–Trinajstić information content (AvgIpc) is 2.95. The molecule has 1 aromatic heterocycles. The fourth-order valence-electron chi connectivity index (χ4n) is 1.72. The molecule has 0 amide bonds. The van der Waals surface area contributed by atoms with Crippen LogP contribution in [-0.4, -0.2) is 18.9 Å². The topological polar surface area (TPSA) is 38.3 Å². The molecular weight excluding hydrogens is 258 g/mol. The SMILES string of the molecule is CCOc1ccc(NCCC(=O)c2cccs2)cc1. The Kier molecular flexibility index (Phi) is 4.98. The van der Waals surface area contributed by atoms with Crippen molar-refractivity contribution in [1.82, 2.24) is 0 Å². The lowest BCUT2D eigenvalue weighted by molar-refractivity contribution is 0.0990. The van der Waals surface area contributed by atoms with Crippen molar-refractivity contribution >= 4 is 22.8 Å². The van der Waals surface area contributed by atoms with Gasteiger partial charge in [-0.1, -0.05) is 6.07 Å². The number of Topliss-reactive ketones (excluding diaryl/α,β-unsaturated/α-hetero) is 1. The van der Waals surface area contributed by atoms with Gasteiger partial charge in [-0.15, -0.1) is 11.3 Å². The molecule has 0 radical (unpaired) electrons. The Morgan fingerprint density at radius 3 is 2.68 bits per heavy atom. The van der Waals surface area contributed by atoms with Crippen LogP contribution in [0.3, 0.4) is 0 Å². The van der Waals surface area contributed by atoms with Gasteiger partial charge in [0.1, 0.15) is 5.75 Å². The van der Waals surface area contributed by atoms with Crippen molar-refractivity contribution in [2.45, 2.75) is 13.3 Å². The maximum atomic E-state index is 11.8. The summed E-state index contributed by atoms with van der Waals surface area (Å²) in [5, 5.41) is 5.16. The Labute approximate surface area is 117 Å². The molecule has 1 heterocycles. The molecule has 0 saturated heterocycles. The quantitative estimate of drug-likeness (QED) is 0.780. The van der Waals surface area contributed by atoms with Crippen LogP contribution in [0.5, 0.6) is 5.75 Å². The van der Waals surface area contributed by atoms with Crippen molar-refractivity contribution in [3.8, 4) is 5.75 Å². The zero-order chi connectivity index (χ0) is 13.5. The molecule has 3 nitrogen and oxygen atoms in total. The molecule has 0 aliphatic carbocycles. The summed E-state index contributed by atoms with van der Waals surface area (Å²) in [5.41, 5.74) is 1.00. The van der Waals surface area contributed by atoms with Crippen molar-refractivity contribution in [2.24, 2.45) is 0 Å². The number of rotatable bonds is 7. The van der Waals surface area contributed by atoms with Crippen molar-refractivity contribution in [3.05, 3.63) is 46.7 Å². The van der Waals surface area contributed by atoms with E-state index in [1.165, 1.54) is 11.3 Å². The highest BCUT2D eigenvalue weighted by atomic mass is 32.1. The third-order valence-corrected chi connectivity index (χ3v) is 3.55. The zero-order valence-electron chi connectivity index (χ0n) is 10.9. The summed E-state index contributed by atoms with van der Waals surface area (Å²) in [7, 11) is 0. The van der Waals surface area contributed by atoms with Crippen LogP contribution < -0.4 is 10.1 Å². The van der Waals surface area contributed by atoms with Gasteiger partial charge in [0.15, 0.2) is 5.78 Å². The molecule has 0 aliphatic heterocycles. The first-order valence-electron chi connectivity index (χ1n) is 6.33. The molecule has 0 aliphatic rings. The number of benzene rings is 1. The molecule has 2 aromatic rings. The number of nitrogens with one attached hydrogen (secondary N) is 1. The van der Waals surface area contributed by atoms with Gasteiger partial charge in [-0.2, -0.15) is 0 Å². The average molecular weight is 275 g/mol. The lowest BCUT2D eigenvalue weighted by Crippen LogP contribution is -2.07. The monoisotopic (exact) mass is 275 g/mol. The minimum atomic E-state index is 0.188. The van der Waals surface area contributed by atoms with Gasteiger partial charge in [0.2, 0.25) is 0 Å². The lowest BCUT2D eigenvalue weighted by Gasteiger charge is -2.07. The molecule has 4 heteroatoms. The standard InChI is InChI=1S/C15H17NO2S/c1-2-18-13-7-5-12(6-8-13)16-10-9-14(17)15-4-3-11-19-15/h3-8,11,16H,2,9-10H2,1H3. The predicted molar refractivity (Wildman–Crippen MR) is 79.4 cm³/mol. The number of anilines is 1. The fourth-order valence-corrected chi connectivity index (χ4v) is 2.41. The summed E-state index contributed by atoms with van der Waals surface area (Å²) < 4.78 is 5.37. The molecule has 1 aromatic carbocycles. The summed E-state index contributed by atoms with van der Waals surface area (Å²) in [6.45, 7) is 3.27. The van der Waals surface area contributed by atoms with Crippen molar-refractivity contribution in [1.29, 1.82) is 0 Å². The molecule has 0 unspecified atom stereocenters. The van der Waals surface area contributed by atoms with E-state index in [0.29, 0.717) is 19.6 Å². The highest BCUT2D eigenvalue weighted by Crippen LogP contribution is 2.16. The van der Waals surface area contributed by atoms with Crippen LogP contribution in [-0.2, 0) is 0 Å². The Balaban J connectivity index is 1.78. The van der Waals surface area contributed by atoms with Gasteiger partial charge in [0, 0.05) is 18.7 Å². The van der Waals surface area contributed by atoms with Crippen molar-refractivity contribution < 1.29 is 9.53 Å². The Hall–Kier alpha value is -1.81. The predicted octanol–water partition coefficient (Wildman–Crippen LogP) is 3.83. The zero-order valence-corrected chi connectivity index (χ0v) is 11.7. The molecule has 0 saturated carbocycles. The second kappa shape index (κ2) is 6.95. The third-order valence-electron chi connectivity index (χ3n) is 2.64. The number of carbonyl (C=O) groups is 1. The third kappa shape index (κ3) is 4.10. The Morgan fingerprint density at radius 1 is 1.26 bits per heavy atom. The van der Waals surface area contributed by atoms with E-state index in [0.717, 1.165) is 16.3 Å². The van der Waals surface area contributed by atoms with Gasteiger partial charge in [-0.05, 0) is 42.6 Å². The lowest BCUT2D eigenvalue weighted by atomic mass is 10.2. The largest absolute Gasteiger partial charge is 0.494 e. The smallest absolute Gasteiger partial charge is 0.174 e. The molecule has 0 fully saturated rings. The normalized spacial score (nSPS) is 10.2. The molecule has 0 spiro atoms. The van der Waals surface area contributed by atoms with Gasteiger partial charge in [0.05, 0.1) is 11.5 Å². The summed E-state index contributed by atoms with van der Waals surface area (Å²) in [5.74, 6) is 1.05. The van der Waals surface area contributed by atoms with Gasteiger partial charge in [-0.25, -0.2) is 0 Å². The summed E-state index contributed by atoms with van der Waals surface area (Å²) in [6, 6.07) is 11.5. The van der Waals surface area contributed by atoms with E-state index >= 15 is 0 Å². The first-order valence-corrected chi connectivity index (χ1v) is 7.21. The van der Waals surface area contributed by atoms with Gasteiger partial charge in [-0.3, -0.25) is 4.79 Å². The van der Waals surface area contributed by atoms with E-state index in [4.69, 9.17) is 4.74 Å².